The summed E-state index contributed by atoms with van der Waals surface area (Å²) in [5.41, 5.74) is 2.02. The number of tetrazole rings is 1. The number of aromatic amines is 1. The van der Waals surface area contributed by atoms with Crippen molar-refractivity contribution in [3.8, 4) is 0 Å². The maximum absolute atomic E-state index is 12.1. The topological polar surface area (TPSA) is 92.6 Å². The maximum atomic E-state index is 12.1. The standard InChI is InChI=1S/C14H15N7O/c22-13(5-6-21-9-15-18-19-21)20-7-10(8-20)14-16-11-3-1-2-4-12(11)17-14/h1-4,9-10H,5-8H2,(H,16,17). The fraction of sp³-hybridized carbons (Fsp3) is 0.357. The van der Waals surface area contributed by atoms with Crippen LogP contribution < -0.4 is 0 Å². The Morgan fingerprint density at radius 2 is 2.18 bits per heavy atom. The van der Waals surface area contributed by atoms with Crippen LogP contribution in [0.3, 0.4) is 0 Å². The number of aryl methyl sites for hydroxylation is 1. The first kappa shape index (κ1) is 12.9. The Hall–Kier alpha value is -2.77. The fourth-order valence-electron chi connectivity index (χ4n) is 2.67. The Bertz CT molecular complexity index is 755. The van der Waals surface area contributed by atoms with Crippen molar-refractivity contribution in [1.82, 2.24) is 35.1 Å². The summed E-state index contributed by atoms with van der Waals surface area (Å²) in [6.45, 7) is 1.94. The number of carbonyl (C=O) groups is 1. The number of rotatable bonds is 4. The number of aromatic nitrogens is 6. The van der Waals surface area contributed by atoms with Gasteiger partial charge in [0.15, 0.2) is 0 Å². The minimum absolute atomic E-state index is 0.128. The number of hydrogen-bond donors (Lipinski definition) is 1. The summed E-state index contributed by atoms with van der Waals surface area (Å²) in [7, 11) is 0. The number of para-hydroxylation sites is 2. The molecule has 0 aliphatic carbocycles. The van der Waals surface area contributed by atoms with E-state index in [9.17, 15) is 4.79 Å². The molecule has 0 unspecified atom stereocenters. The van der Waals surface area contributed by atoms with E-state index in [4.69, 9.17) is 0 Å². The van der Waals surface area contributed by atoms with Crippen molar-refractivity contribution < 1.29 is 4.79 Å². The molecule has 0 atom stereocenters. The summed E-state index contributed by atoms with van der Waals surface area (Å²) in [6, 6.07) is 7.96. The van der Waals surface area contributed by atoms with Crippen molar-refractivity contribution >= 4 is 16.9 Å². The highest BCUT2D eigenvalue weighted by molar-refractivity contribution is 5.78. The smallest absolute Gasteiger partial charge is 0.224 e. The van der Waals surface area contributed by atoms with Crippen LogP contribution in [-0.4, -0.2) is 54.1 Å². The molecule has 1 N–H and O–H groups in total. The normalized spacial score (nSPS) is 15.2. The number of hydrogen-bond acceptors (Lipinski definition) is 5. The van der Waals surface area contributed by atoms with Crippen LogP contribution in [0.4, 0.5) is 0 Å². The average Bonchev–Trinajstić information content (AvgIpc) is 3.12. The summed E-state index contributed by atoms with van der Waals surface area (Å²) >= 11 is 0. The molecule has 3 aromatic rings. The SMILES string of the molecule is O=C(CCn1cnnn1)N1CC(c2nc3ccccc3[nH]2)C1. The molecule has 0 radical (unpaired) electrons. The third-order valence-corrected chi connectivity index (χ3v) is 3.97. The number of carbonyl (C=O) groups excluding carboxylic acids is 1. The number of H-pyrrole nitrogens is 1. The van der Waals surface area contributed by atoms with Crippen molar-refractivity contribution in [3.05, 3.63) is 36.4 Å². The molecule has 8 heteroatoms. The van der Waals surface area contributed by atoms with Gasteiger partial charge in [-0.05, 0) is 22.6 Å². The van der Waals surface area contributed by atoms with Gasteiger partial charge in [-0.15, -0.1) is 5.10 Å². The molecule has 22 heavy (non-hydrogen) atoms. The predicted octanol–water partition coefficient (Wildman–Crippen LogP) is 0.565. The van der Waals surface area contributed by atoms with Crippen molar-refractivity contribution in [2.75, 3.05) is 13.1 Å². The van der Waals surface area contributed by atoms with Crippen LogP contribution >= 0.6 is 0 Å². The molecule has 1 aromatic carbocycles. The van der Waals surface area contributed by atoms with Crippen LogP contribution in [-0.2, 0) is 11.3 Å². The zero-order valence-electron chi connectivity index (χ0n) is 11.9. The van der Waals surface area contributed by atoms with Gasteiger partial charge < -0.3 is 9.88 Å². The van der Waals surface area contributed by atoms with E-state index in [0.29, 0.717) is 32.0 Å². The van der Waals surface area contributed by atoms with E-state index in [0.717, 1.165) is 16.9 Å². The third kappa shape index (κ3) is 2.32. The van der Waals surface area contributed by atoms with Gasteiger partial charge >= 0.3 is 0 Å². The summed E-state index contributed by atoms with van der Waals surface area (Å²) in [6.07, 6.45) is 1.93. The van der Waals surface area contributed by atoms with Crippen LogP contribution in [0.2, 0.25) is 0 Å². The van der Waals surface area contributed by atoms with E-state index in [2.05, 4.69) is 25.5 Å². The van der Waals surface area contributed by atoms with Gasteiger partial charge in [-0.1, -0.05) is 12.1 Å². The van der Waals surface area contributed by atoms with Crippen molar-refractivity contribution in [3.63, 3.8) is 0 Å². The molecule has 2 aromatic heterocycles. The van der Waals surface area contributed by atoms with Crippen LogP contribution in [0, 0.1) is 0 Å². The highest BCUT2D eigenvalue weighted by atomic mass is 16.2. The zero-order chi connectivity index (χ0) is 14.9. The van der Waals surface area contributed by atoms with E-state index >= 15 is 0 Å². The number of benzene rings is 1. The van der Waals surface area contributed by atoms with E-state index in [1.165, 1.54) is 6.33 Å². The van der Waals surface area contributed by atoms with E-state index in [-0.39, 0.29) is 5.91 Å². The van der Waals surface area contributed by atoms with Crippen LogP contribution in [0.1, 0.15) is 18.2 Å². The lowest BCUT2D eigenvalue weighted by Gasteiger charge is -2.38. The lowest BCUT2D eigenvalue weighted by molar-refractivity contribution is -0.136. The van der Waals surface area contributed by atoms with Crippen molar-refractivity contribution in [1.29, 1.82) is 0 Å². The lowest BCUT2D eigenvalue weighted by atomic mass is 9.99. The van der Waals surface area contributed by atoms with Crippen molar-refractivity contribution in [2.24, 2.45) is 0 Å². The van der Waals surface area contributed by atoms with E-state index < -0.39 is 0 Å². The lowest BCUT2D eigenvalue weighted by Crippen LogP contribution is -2.49. The van der Waals surface area contributed by atoms with Crippen LogP contribution in [0.15, 0.2) is 30.6 Å². The van der Waals surface area contributed by atoms with Gasteiger partial charge in [0, 0.05) is 19.5 Å². The van der Waals surface area contributed by atoms with Crippen LogP contribution in [0.25, 0.3) is 11.0 Å². The second-order valence-corrected chi connectivity index (χ2v) is 5.46. The van der Waals surface area contributed by atoms with Gasteiger partial charge in [0.1, 0.15) is 12.2 Å². The summed E-state index contributed by atoms with van der Waals surface area (Å²) in [4.78, 5) is 21.9. The van der Waals surface area contributed by atoms with Gasteiger partial charge in [-0.2, -0.15) is 0 Å². The van der Waals surface area contributed by atoms with E-state index in [1.54, 1.807) is 4.68 Å². The first-order valence-corrected chi connectivity index (χ1v) is 7.23. The predicted molar refractivity (Wildman–Crippen MR) is 77.8 cm³/mol. The van der Waals surface area contributed by atoms with Gasteiger partial charge in [0.2, 0.25) is 5.91 Å². The quantitative estimate of drug-likeness (QED) is 0.760. The highest BCUT2D eigenvalue weighted by Crippen LogP contribution is 2.27. The Labute approximate surface area is 126 Å². The first-order chi connectivity index (χ1) is 10.8. The van der Waals surface area contributed by atoms with E-state index in [1.807, 2.05) is 29.2 Å². The molecule has 8 nitrogen and oxygen atoms in total. The zero-order valence-corrected chi connectivity index (χ0v) is 11.9. The van der Waals surface area contributed by atoms with Gasteiger partial charge in [-0.3, -0.25) is 4.79 Å². The van der Waals surface area contributed by atoms with Crippen molar-refractivity contribution in [2.45, 2.75) is 18.9 Å². The Morgan fingerprint density at radius 3 is 2.95 bits per heavy atom. The molecule has 0 spiro atoms. The highest BCUT2D eigenvalue weighted by Gasteiger charge is 2.33. The first-order valence-electron chi connectivity index (χ1n) is 7.23. The largest absolute Gasteiger partial charge is 0.342 e. The molecule has 112 valence electrons. The molecule has 1 fully saturated rings. The summed E-state index contributed by atoms with van der Waals surface area (Å²) < 4.78 is 1.56. The number of imidazole rings is 1. The monoisotopic (exact) mass is 297 g/mol. The number of likely N-dealkylation sites (tertiary alicyclic amines) is 1. The van der Waals surface area contributed by atoms with Gasteiger partial charge in [-0.25, -0.2) is 9.67 Å². The molecule has 1 amide bonds. The van der Waals surface area contributed by atoms with Crippen LogP contribution in [0.5, 0.6) is 0 Å². The number of amides is 1. The molecule has 1 aliphatic heterocycles. The Morgan fingerprint density at radius 1 is 1.32 bits per heavy atom. The molecule has 0 saturated carbocycles. The number of fused-ring (bicyclic) bond motifs is 1. The average molecular weight is 297 g/mol. The molecule has 1 saturated heterocycles. The molecule has 1 aliphatic rings. The molecule has 0 bridgehead atoms. The second kappa shape index (κ2) is 5.21. The van der Waals surface area contributed by atoms with Gasteiger partial charge in [0.05, 0.1) is 23.5 Å². The second-order valence-electron chi connectivity index (χ2n) is 5.46. The molecular weight excluding hydrogens is 282 g/mol. The van der Waals surface area contributed by atoms with Gasteiger partial charge in [0.25, 0.3) is 0 Å². The fourth-order valence-corrected chi connectivity index (χ4v) is 2.67. The molecule has 4 rings (SSSR count). The summed E-state index contributed by atoms with van der Waals surface area (Å²) in [5, 5.41) is 10.8. The summed E-state index contributed by atoms with van der Waals surface area (Å²) in [5.74, 6) is 1.39. The third-order valence-electron chi connectivity index (χ3n) is 3.97. The molecule has 3 heterocycles. The number of nitrogens with zero attached hydrogens (tertiary/aromatic N) is 6. The number of nitrogens with one attached hydrogen (secondary N) is 1. The Kier molecular flexibility index (Phi) is 3.06. The minimum Gasteiger partial charge on any atom is -0.342 e. The minimum atomic E-state index is 0.128. The Balaban J connectivity index is 1.34. The maximum Gasteiger partial charge on any atom is 0.224 e. The molecular formula is C14H15N7O.